The highest BCUT2D eigenvalue weighted by Gasteiger charge is 2.30. The number of alkyl carbamates (subject to hydrolysis) is 1. The van der Waals surface area contributed by atoms with Crippen LogP contribution < -0.4 is 10.6 Å². The second-order valence-electron chi connectivity index (χ2n) is 7.65. The summed E-state index contributed by atoms with van der Waals surface area (Å²) in [7, 11) is 0. The molecular formula is C24H28N2O5. The number of carbonyl (C=O) groups excluding carboxylic acids is 3. The molecule has 164 valence electrons. The van der Waals surface area contributed by atoms with E-state index in [1.54, 1.807) is 0 Å². The maximum atomic E-state index is 12.5. The minimum atomic E-state index is -0.795. The van der Waals surface area contributed by atoms with Crippen LogP contribution in [-0.4, -0.2) is 37.3 Å². The molecule has 2 aromatic rings. The van der Waals surface area contributed by atoms with Gasteiger partial charge in [-0.05, 0) is 28.2 Å². The number of carbonyl (C=O) groups is 3. The molecule has 2 N–H and O–H groups in total. The van der Waals surface area contributed by atoms with Gasteiger partial charge in [-0.1, -0.05) is 68.8 Å². The van der Waals surface area contributed by atoms with E-state index in [0.29, 0.717) is 6.42 Å². The van der Waals surface area contributed by atoms with Crippen molar-refractivity contribution in [2.24, 2.45) is 5.92 Å². The highest BCUT2D eigenvalue weighted by molar-refractivity contribution is 5.86. The number of fused-ring (bicyclic) bond motifs is 3. The molecule has 0 heterocycles. The van der Waals surface area contributed by atoms with Gasteiger partial charge >= 0.3 is 12.1 Å². The van der Waals surface area contributed by atoms with Crippen molar-refractivity contribution in [2.45, 2.75) is 39.2 Å². The maximum absolute atomic E-state index is 12.5. The molecule has 0 saturated carbocycles. The number of esters is 1. The van der Waals surface area contributed by atoms with Crippen LogP contribution >= 0.6 is 0 Å². The summed E-state index contributed by atoms with van der Waals surface area (Å²) in [6.45, 7) is 4.97. The Morgan fingerprint density at radius 3 is 2.10 bits per heavy atom. The molecule has 2 amide bonds. The lowest BCUT2D eigenvalue weighted by Crippen LogP contribution is -2.51. The Morgan fingerprint density at radius 1 is 0.968 bits per heavy atom. The third-order valence-electron chi connectivity index (χ3n) is 5.63. The fourth-order valence-electron chi connectivity index (χ4n) is 3.79. The first kappa shape index (κ1) is 22.3. The van der Waals surface area contributed by atoms with Gasteiger partial charge in [-0.2, -0.15) is 0 Å². The van der Waals surface area contributed by atoms with Crippen molar-refractivity contribution < 1.29 is 23.9 Å². The van der Waals surface area contributed by atoms with Gasteiger partial charge in [-0.15, -0.1) is 0 Å². The molecule has 31 heavy (non-hydrogen) atoms. The normalized spacial score (nSPS) is 14.0. The highest BCUT2D eigenvalue weighted by atomic mass is 16.6. The van der Waals surface area contributed by atoms with Crippen molar-refractivity contribution in [1.82, 2.24) is 10.6 Å². The van der Waals surface area contributed by atoms with Gasteiger partial charge in [-0.3, -0.25) is 9.59 Å². The summed E-state index contributed by atoms with van der Waals surface area (Å²) in [5.41, 5.74) is 4.53. The average Bonchev–Trinajstić information content (AvgIpc) is 3.09. The molecule has 2 unspecified atom stereocenters. The Kier molecular flexibility index (Phi) is 7.28. The predicted molar refractivity (Wildman–Crippen MR) is 116 cm³/mol. The average molecular weight is 424 g/mol. The monoisotopic (exact) mass is 424 g/mol. The second kappa shape index (κ2) is 10.1. The quantitative estimate of drug-likeness (QED) is 0.499. The summed E-state index contributed by atoms with van der Waals surface area (Å²) in [6, 6.07) is 15.4. The second-order valence-corrected chi connectivity index (χ2v) is 7.65. The van der Waals surface area contributed by atoms with Crippen LogP contribution in [0.2, 0.25) is 0 Å². The van der Waals surface area contributed by atoms with E-state index in [0.717, 1.165) is 22.3 Å². The molecule has 0 bridgehead atoms. The van der Waals surface area contributed by atoms with Gasteiger partial charge in [0.2, 0.25) is 5.91 Å². The topological polar surface area (TPSA) is 93.7 Å². The minimum Gasteiger partial charge on any atom is -0.449 e. The van der Waals surface area contributed by atoms with E-state index in [4.69, 9.17) is 9.47 Å². The van der Waals surface area contributed by atoms with Crippen LogP contribution in [0.5, 0.6) is 0 Å². The number of rotatable bonds is 8. The molecule has 1 aliphatic carbocycles. The van der Waals surface area contributed by atoms with Gasteiger partial charge in [0.25, 0.3) is 0 Å². The molecule has 0 saturated heterocycles. The number of ether oxygens (including phenoxy) is 2. The van der Waals surface area contributed by atoms with Crippen LogP contribution in [0.3, 0.4) is 0 Å². The van der Waals surface area contributed by atoms with Gasteiger partial charge in [0.15, 0.2) is 6.73 Å². The smallest absolute Gasteiger partial charge is 0.407 e. The maximum Gasteiger partial charge on any atom is 0.407 e. The molecule has 0 spiro atoms. The SMILES string of the molecule is CCC(C)C(NC(=O)OCC1c2ccccc2-c2ccccc21)C(=O)NCOC(C)=O. The highest BCUT2D eigenvalue weighted by Crippen LogP contribution is 2.44. The first-order valence-corrected chi connectivity index (χ1v) is 10.4. The fraction of sp³-hybridized carbons (Fsp3) is 0.375. The van der Waals surface area contributed by atoms with Crippen LogP contribution in [0.15, 0.2) is 48.5 Å². The molecule has 0 radical (unpaired) electrons. The molecule has 7 heteroatoms. The van der Waals surface area contributed by atoms with Crippen LogP contribution in [0.25, 0.3) is 11.1 Å². The van der Waals surface area contributed by atoms with E-state index in [9.17, 15) is 14.4 Å². The van der Waals surface area contributed by atoms with Crippen molar-refractivity contribution >= 4 is 18.0 Å². The van der Waals surface area contributed by atoms with Crippen LogP contribution in [0.1, 0.15) is 44.2 Å². The largest absolute Gasteiger partial charge is 0.449 e. The van der Waals surface area contributed by atoms with E-state index < -0.39 is 24.0 Å². The summed E-state index contributed by atoms with van der Waals surface area (Å²) in [5.74, 6) is -1.11. The van der Waals surface area contributed by atoms with Crippen molar-refractivity contribution in [3.05, 3.63) is 59.7 Å². The molecular weight excluding hydrogens is 396 g/mol. The standard InChI is InChI=1S/C24H28N2O5/c1-4-15(2)22(23(28)25-14-31-16(3)27)26-24(29)30-13-21-19-11-7-5-9-17(19)18-10-6-8-12-20(18)21/h5-12,15,21-22H,4,13-14H2,1-3H3,(H,25,28)(H,26,29). The van der Waals surface area contributed by atoms with Gasteiger partial charge < -0.3 is 20.1 Å². The molecule has 3 rings (SSSR count). The Morgan fingerprint density at radius 2 is 1.55 bits per heavy atom. The number of benzene rings is 2. The van der Waals surface area contributed by atoms with Crippen LogP contribution in [0.4, 0.5) is 4.79 Å². The van der Waals surface area contributed by atoms with Gasteiger partial charge in [0.05, 0.1) is 0 Å². The lowest BCUT2D eigenvalue weighted by molar-refractivity contribution is -0.143. The summed E-state index contributed by atoms with van der Waals surface area (Å²) in [6.07, 6.45) is 0.0183. The van der Waals surface area contributed by atoms with Crippen molar-refractivity contribution in [3.8, 4) is 11.1 Å². The Labute approximate surface area is 182 Å². The third-order valence-corrected chi connectivity index (χ3v) is 5.63. The Hall–Kier alpha value is -3.35. The van der Waals surface area contributed by atoms with E-state index >= 15 is 0 Å². The minimum absolute atomic E-state index is 0.0574. The first-order valence-electron chi connectivity index (χ1n) is 10.4. The van der Waals surface area contributed by atoms with E-state index in [1.807, 2.05) is 50.2 Å². The van der Waals surface area contributed by atoms with Gasteiger partial charge in [-0.25, -0.2) is 4.79 Å². The van der Waals surface area contributed by atoms with Crippen molar-refractivity contribution in [1.29, 1.82) is 0 Å². The van der Waals surface area contributed by atoms with Gasteiger partial charge in [0.1, 0.15) is 12.6 Å². The van der Waals surface area contributed by atoms with Crippen molar-refractivity contribution in [3.63, 3.8) is 0 Å². The Balaban J connectivity index is 1.64. The zero-order valence-electron chi connectivity index (χ0n) is 18.0. The molecule has 1 aliphatic rings. The van der Waals surface area contributed by atoms with E-state index in [2.05, 4.69) is 22.8 Å². The summed E-state index contributed by atoms with van der Waals surface area (Å²) >= 11 is 0. The first-order chi connectivity index (χ1) is 14.9. The van der Waals surface area contributed by atoms with Crippen LogP contribution in [-0.2, 0) is 19.1 Å². The van der Waals surface area contributed by atoms with E-state index in [1.165, 1.54) is 6.92 Å². The lowest BCUT2D eigenvalue weighted by atomic mass is 9.98. The summed E-state index contributed by atoms with van der Waals surface area (Å²) in [4.78, 5) is 35.9. The number of nitrogens with one attached hydrogen (secondary N) is 2. The number of hydrogen-bond acceptors (Lipinski definition) is 5. The van der Waals surface area contributed by atoms with Gasteiger partial charge in [0, 0.05) is 12.8 Å². The van der Waals surface area contributed by atoms with Crippen molar-refractivity contribution in [2.75, 3.05) is 13.3 Å². The van der Waals surface area contributed by atoms with Crippen LogP contribution in [0, 0.1) is 5.92 Å². The summed E-state index contributed by atoms with van der Waals surface area (Å²) < 4.78 is 10.3. The number of amides is 2. The predicted octanol–water partition coefficient (Wildman–Crippen LogP) is 3.58. The molecule has 0 fully saturated rings. The summed E-state index contributed by atoms with van der Waals surface area (Å²) in [5, 5.41) is 5.17. The molecule has 7 nitrogen and oxygen atoms in total. The number of hydrogen-bond donors (Lipinski definition) is 2. The third kappa shape index (κ3) is 5.23. The molecule has 0 aromatic heterocycles. The zero-order valence-corrected chi connectivity index (χ0v) is 18.0. The lowest BCUT2D eigenvalue weighted by Gasteiger charge is -2.23. The molecule has 0 aliphatic heterocycles. The fourth-order valence-corrected chi connectivity index (χ4v) is 3.79. The molecule has 2 atom stereocenters. The Bertz CT molecular complexity index is 913. The molecule has 2 aromatic carbocycles. The zero-order chi connectivity index (χ0) is 22.4. The van der Waals surface area contributed by atoms with E-state index in [-0.39, 0.29) is 25.2 Å².